The lowest BCUT2D eigenvalue weighted by Crippen LogP contribution is -2.39. The van der Waals surface area contributed by atoms with Crippen molar-refractivity contribution >= 4 is 11.7 Å². The zero-order valence-corrected chi connectivity index (χ0v) is 12.9. The molecule has 2 aromatic rings. The summed E-state index contributed by atoms with van der Waals surface area (Å²) in [5.41, 5.74) is 1.98. The van der Waals surface area contributed by atoms with Crippen molar-refractivity contribution in [2.24, 2.45) is 0 Å². The number of methoxy groups -OCH3 is 2. The maximum absolute atomic E-state index is 12.4. The van der Waals surface area contributed by atoms with Gasteiger partial charge in [-0.25, -0.2) is 4.79 Å². The summed E-state index contributed by atoms with van der Waals surface area (Å²) in [5.74, 6) is 1.14. The number of aromatic amines is 2. The fourth-order valence-electron chi connectivity index (χ4n) is 2.63. The van der Waals surface area contributed by atoms with Gasteiger partial charge in [-0.05, 0) is 18.6 Å². The lowest BCUT2D eigenvalue weighted by molar-refractivity contribution is 0.205. The summed E-state index contributed by atoms with van der Waals surface area (Å²) < 4.78 is 10.4. The van der Waals surface area contributed by atoms with E-state index in [1.807, 2.05) is 0 Å². The molecule has 0 bridgehead atoms. The number of hydrogen-bond donors (Lipinski definition) is 3. The van der Waals surface area contributed by atoms with Crippen molar-refractivity contribution in [1.29, 1.82) is 0 Å². The zero-order valence-electron chi connectivity index (χ0n) is 12.9. The summed E-state index contributed by atoms with van der Waals surface area (Å²) in [4.78, 5) is 25.6. The first-order valence-corrected chi connectivity index (χ1v) is 7.18. The number of fused-ring (bicyclic) bond motifs is 1. The van der Waals surface area contributed by atoms with Gasteiger partial charge in [0.15, 0.2) is 11.5 Å². The standard InChI is InChI=1S/C15H18N4O4/c1-22-12-4-3-9(7-13(12)23-2)16-15(21)19-6-5-10-11(8-19)17-18-14(10)20/h3-4,7H,5-6,8H2,1-2H3,(H,16,21)(H2,17,18,20). The molecule has 0 saturated carbocycles. The SMILES string of the molecule is COc1ccc(NC(=O)N2CCc3c([nH][nH]c3=O)C2)cc1OC. The summed E-state index contributed by atoms with van der Waals surface area (Å²) in [6, 6.07) is 4.94. The number of aromatic nitrogens is 2. The van der Waals surface area contributed by atoms with E-state index in [-0.39, 0.29) is 11.6 Å². The van der Waals surface area contributed by atoms with Crippen LogP contribution in [0.15, 0.2) is 23.0 Å². The molecule has 122 valence electrons. The normalized spacial score (nSPS) is 13.4. The van der Waals surface area contributed by atoms with E-state index < -0.39 is 0 Å². The minimum Gasteiger partial charge on any atom is -0.493 e. The highest BCUT2D eigenvalue weighted by Gasteiger charge is 2.24. The van der Waals surface area contributed by atoms with Crippen LogP contribution >= 0.6 is 0 Å². The van der Waals surface area contributed by atoms with Gasteiger partial charge in [0.25, 0.3) is 5.56 Å². The van der Waals surface area contributed by atoms with Gasteiger partial charge in [0.1, 0.15) is 0 Å². The maximum Gasteiger partial charge on any atom is 0.322 e. The van der Waals surface area contributed by atoms with Gasteiger partial charge in [-0.1, -0.05) is 0 Å². The topological polar surface area (TPSA) is 99.5 Å². The Hall–Kier alpha value is -2.90. The van der Waals surface area contributed by atoms with Crippen LogP contribution in [0.3, 0.4) is 0 Å². The van der Waals surface area contributed by atoms with Crippen molar-refractivity contribution in [3.05, 3.63) is 39.8 Å². The number of urea groups is 1. The number of carbonyl (C=O) groups is 1. The van der Waals surface area contributed by atoms with Crippen molar-refractivity contribution < 1.29 is 14.3 Å². The molecule has 0 atom stereocenters. The quantitative estimate of drug-likeness (QED) is 0.794. The molecule has 23 heavy (non-hydrogen) atoms. The number of amides is 2. The number of H-pyrrole nitrogens is 2. The fraction of sp³-hybridized carbons (Fsp3) is 0.333. The Bertz CT molecular complexity index is 780. The van der Waals surface area contributed by atoms with Crippen LogP contribution in [0, 0.1) is 0 Å². The Kier molecular flexibility index (Phi) is 3.96. The van der Waals surface area contributed by atoms with Gasteiger partial charge < -0.3 is 24.8 Å². The molecule has 2 heterocycles. The van der Waals surface area contributed by atoms with Crippen molar-refractivity contribution in [2.75, 3.05) is 26.1 Å². The molecule has 0 radical (unpaired) electrons. The molecule has 3 N–H and O–H groups in total. The Morgan fingerprint density at radius 1 is 1.22 bits per heavy atom. The van der Waals surface area contributed by atoms with Crippen molar-refractivity contribution in [1.82, 2.24) is 15.1 Å². The van der Waals surface area contributed by atoms with E-state index in [1.165, 1.54) is 7.11 Å². The largest absolute Gasteiger partial charge is 0.493 e. The van der Waals surface area contributed by atoms with Gasteiger partial charge in [-0.3, -0.25) is 9.89 Å². The second-order valence-electron chi connectivity index (χ2n) is 5.21. The summed E-state index contributed by atoms with van der Waals surface area (Å²) in [6.07, 6.45) is 0.535. The summed E-state index contributed by atoms with van der Waals surface area (Å²) in [5, 5.41) is 8.18. The van der Waals surface area contributed by atoms with E-state index in [0.29, 0.717) is 36.7 Å². The van der Waals surface area contributed by atoms with Crippen LogP contribution in [0.25, 0.3) is 0 Å². The third-order valence-electron chi connectivity index (χ3n) is 3.87. The van der Waals surface area contributed by atoms with Crippen LogP contribution in [-0.4, -0.2) is 41.9 Å². The van der Waals surface area contributed by atoms with E-state index in [4.69, 9.17) is 9.47 Å². The molecule has 1 aliphatic heterocycles. The van der Waals surface area contributed by atoms with Gasteiger partial charge in [-0.2, -0.15) is 0 Å². The third-order valence-corrected chi connectivity index (χ3v) is 3.87. The predicted molar refractivity (Wildman–Crippen MR) is 84.1 cm³/mol. The number of hydrogen-bond acceptors (Lipinski definition) is 4. The minimum absolute atomic E-state index is 0.111. The van der Waals surface area contributed by atoms with Crippen LogP contribution in [0.2, 0.25) is 0 Å². The predicted octanol–water partition coefficient (Wildman–Crippen LogP) is 1.31. The molecule has 1 aliphatic rings. The number of nitrogens with one attached hydrogen (secondary N) is 3. The molecule has 0 saturated heterocycles. The zero-order chi connectivity index (χ0) is 16.4. The molecule has 8 heteroatoms. The highest BCUT2D eigenvalue weighted by molar-refractivity contribution is 5.89. The second-order valence-corrected chi connectivity index (χ2v) is 5.21. The van der Waals surface area contributed by atoms with Crippen molar-refractivity contribution in [3.8, 4) is 11.5 Å². The average molecular weight is 318 g/mol. The average Bonchev–Trinajstić information content (AvgIpc) is 2.95. The van der Waals surface area contributed by atoms with Crippen molar-refractivity contribution in [2.45, 2.75) is 13.0 Å². The van der Waals surface area contributed by atoms with Gasteiger partial charge >= 0.3 is 6.03 Å². The Labute approximate surface area is 132 Å². The first-order valence-electron chi connectivity index (χ1n) is 7.18. The third kappa shape index (κ3) is 2.87. The fourth-order valence-corrected chi connectivity index (χ4v) is 2.63. The lowest BCUT2D eigenvalue weighted by atomic mass is 10.1. The first-order chi connectivity index (χ1) is 11.1. The van der Waals surface area contributed by atoms with Gasteiger partial charge in [0.2, 0.25) is 0 Å². The molecule has 8 nitrogen and oxygen atoms in total. The Balaban J connectivity index is 1.71. The van der Waals surface area contributed by atoms with Crippen LogP contribution < -0.4 is 20.3 Å². The molecule has 2 amide bonds. The molecular formula is C15H18N4O4. The number of anilines is 1. The first kappa shape index (κ1) is 15.0. The highest BCUT2D eigenvalue weighted by Crippen LogP contribution is 2.30. The molecule has 0 aliphatic carbocycles. The van der Waals surface area contributed by atoms with Gasteiger partial charge in [0.05, 0.1) is 26.5 Å². The lowest BCUT2D eigenvalue weighted by Gasteiger charge is -2.26. The van der Waals surface area contributed by atoms with Crippen LogP contribution in [0.5, 0.6) is 11.5 Å². The van der Waals surface area contributed by atoms with Crippen molar-refractivity contribution in [3.63, 3.8) is 0 Å². The van der Waals surface area contributed by atoms with Crippen LogP contribution in [-0.2, 0) is 13.0 Å². The molecule has 1 aromatic carbocycles. The number of rotatable bonds is 3. The number of carbonyl (C=O) groups excluding carboxylic acids is 1. The number of nitrogens with zero attached hydrogens (tertiary/aromatic N) is 1. The summed E-state index contributed by atoms with van der Waals surface area (Å²) in [7, 11) is 3.09. The number of benzene rings is 1. The molecule has 1 aromatic heterocycles. The molecule has 3 rings (SSSR count). The summed E-state index contributed by atoms with van der Waals surface area (Å²) in [6.45, 7) is 0.861. The van der Waals surface area contributed by atoms with E-state index >= 15 is 0 Å². The van der Waals surface area contributed by atoms with Gasteiger partial charge in [-0.15, -0.1) is 0 Å². The molecule has 0 fully saturated rings. The Morgan fingerprint density at radius 3 is 2.74 bits per heavy atom. The van der Waals surface area contributed by atoms with Crippen LogP contribution in [0.1, 0.15) is 11.3 Å². The van der Waals surface area contributed by atoms with E-state index in [1.54, 1.807) is 30.2 Å². The summed E-state index contributed by atoms with van der Waals surface area (Å²) >= 11 is 0. The molecular weight excluding hydrogens is 300 g/mol. The van der Waals surface area contributed by atoms with E-state index in [0.717, 1.165) is 11.3 Å². The monoisotopic (exact) mass is 318 g/mol. The Morgan fingerprint density at radius 2 is 2.00 bits per heavy atom. The van der Waals surface area contributed by atoms with Crippen LogP contribution in [0.4, 0.5) is 10.5 Å². The second kappa shape index (κ2) is 6.07. The van der Waals surface area contributed by atoms with Gasteiger partial charge in [0, 0.05) is 23.9 Å². The highest BCUT2D eigenvalue weighted by atomic mass is 16.5. The maximum atomic E-state index is 12.4. The van der Waals surface area contributed by atoms with E-state index in [9.17, 15) is 9.59 Å². The molecule has 0 unspecified atom stereocenters. The minimum atomic E-state index is -0.232. The number of ether oxygens (including phenoxy) is 2. The van der Waals surface area contributed by atoms with E-state index in [2.05, 4.69) is 15.5 Å². The smallest absolute Gasteiger partial charge is 0.322 e. The molecule has 0 spiro atoms.